The van der Waals surface area contributed by atoms with Gasteiger partial charge in [0.25, 0.3) is 0 Å². The van der Waals surface area contributed by atoms with Gasteiger partial charge in [0, 0.05) is 23.5 Å². The molecule has 1 unspecified atom stereocenters. The van der Waals surface area contributed by atoms with Gasteiger partial charge in [-0.2, -0.15) is 0 Å². The number of halogens is 1. The van der Waals surface area contributed by atoms with Crippen LogP contribution in [0.5, 0.6) is 5.88 Å². The summed E-state index contributed by atoms with van der Waals surface area (Å²) in [5.74, 6) is 0.434. The summed E-state index contributed by atoms with van der Waals surface area (Å²) in [4.78, 5) is 4.20. The molecule has 0 bridgehead atoms. The molecule has 3 rings (SSSR count). The van der Waals surface area contributed by atoms with Crippen LogP contribution in [-0.4, -0.2) is 37.0 Å². The lowest BCUT2D eigenvalue weighted by Gasteiger charge is -2.19. The van der Waals surface area contributed by atoms with Gasteiger partial charge in [-0.05, 0) is 23.8 Å². The zero-order valence-corrected chi connectivity index (χ0v) is 14.0. The second-order valence-corrected chi connectivity index (χ2v) is 5.74. The number of anilines is 1. The predicted molar refractivity (Wildman–Crippen MR) is 90.3 cm³/mol. The Kier molecular flexibility index (Phi) is 5.52. The van der Waals surface area contributed by atoms with Gasteiger partial charge in [0.2, 0.25) is 5.88 Å². The fourth-order valence-corrected chi connectivity index (χ4v) is 2.76. The maximum Gasteiger partial charge on any atom is 0.223 e. The summed E-state index contributed by atoms with van der Waals surface area (Å²) in [5.41, 5.74) is 2.18. The number of nitrogens with zero attached hydrogens (tertiary/aromatic N) is 1. The van der Waals surface area contributed by atoms with E-state index in [1.165, 1.54) is 0 Å². The Bertz CT molecular complexity index is 692. The van der Waals surface area contributed by atoms with Crippen LogP contribution < -0.4 is 10.1 Å². The van der Waals surface area contributed by atoms with Crippen LogP contribution in [-0.2, 0) is 9.47 Å². The second kappa shape index (κ2) is 7.81. The molecule has 1 aromatic carbocycles. The molecule has 24 heavy (non-hydrogen) atoms. The molecule has 2 heterocycles. The summed E-state index contributed by atoms with van der Waals surface area (Å²) in [6, 6.07) is 8.95. The van der Waals surface area contributed by atoms with E-state index in [1.807, 2.05) is 12.1 Å². The molecule has 0 spiro atoms. The first-order chi connectivity index (χ1) is 11.7. The first-order valence-corrected chi connectivity index (χ1v) is 8.00. The van der Waals surface area contributed by atoms with Crippen molar-refractivity contribution in [2.75, 3.05) is 32.2 Å². The highest BCUT2D eigenvalue weighted by Crippen LogP contribution is 2.35. The molecular weight excluding hydrogens is 332 g/mol. The number of benzene rings is 1. The van der Waals surface area contributed by atoms with E-state index < -0.39 is 12.4 Å². The van der Waals surface area contributed by atoms with Crippen LogP contribution in [0.1, 0.15) is 23.5 Å². The molecule has 2 N–H and O–H groups in total. The van der Waals surface area contributed by atoms with Crippen molar-refractivity contribution in [2.45, 2.75) is 12.4 Å². The largest absolute Gasteiger partial charge is 0.481 e. The molecule has 6 nitrogen and oxygen atoms in total. The highest BCUT2D eigenvalue weighted by Gasteiger charge is 2.26. The molecule has 1 saturated heterocycles. The van der Waals surface area contributed by atoms with Crippen molar-refractivity contribution >= 4 is 17.3 Å². The Labute approximate surface area is 145 Å². The van der Waals surface area contributed by atoms with E-state index in [1.54, 1.807) is 31.5 Å². The minimum Gasteiger partial charge on any atom is -0.481 e. The van der Waals surface area contributed by atoms with Gasteiger partial charge in [-0.3, -0.25) is 0 Å². The van der Waals surface area contributed by atoms with Crippen LogP contribution in [0.25, 0.3) is 0 Å². The maximum absolute atomic E-state index is 10.4. The van der Waals surface area contributed by atoms with E-state index in [9.17, 15) is 5.11 Å². The van der Waals surface area contributed by atoms with Crippen LogP contribution in [0.4, 0.5) is 5.69 Å². The first-order valence-electron chi connectivity index (χ1n) is 7.62. The Morgan fingerprint density at radius 2 is 2.17 bits per heavy atom. The van der Waals surface area contributed by atoms with Gasteiger partial charge >= 0.3 is 0 Å². The third-order valence-corrected chi connectivity index (χ3v) is 3.96. The number of hydrogen-bond donors (Lipinski definition) is 2. The summed E-state index contributed by atoms with van der Waals surface area (Å²) >= 11 is 5.97. The third kappa shape index (κ3) is 3.79. The average molecular weight is 351 g/mol. The highest BCUT2D eigenvalue weighted by atomic mass is 35.5. The number of pyridine rings is 1. The summed E-state index contributed by atoms with van der Waals surface area (Å²) in [6.45, 7) is 1.34. The van der Waals surface area contributed by atoms with Crippen molar-refractivity contribution < 1.29 is 19.3 Å². The number of methoxy groups -OCH3 is 1. The Balaban J connectivity index is 1.77. The van der Waals surface area contributed by atoms with Crippen LogP contribution >= 0.6 is 11.6 Å². The van der Waals surface area contributed by atoms with E-state index >= 15 is 0 Å². The lowest BCUT2D eigenvalue weighted by atomic mass is 10.1. The second-order valence-electron chi connectivity index (χ2n) is 5.31. The van der Waals surface area contributed by atoms with Crippen molar-refractivity contribution in [1.82, 2.24) is 4.98 Å². The molecule has 7 heteroatoms. The van der Waals surface area contributed by atoms with Crippen LogP contribution in [0, 0.1) is 0 Å². The topological polar surface area (TPSA) is 72.8 Å². The Morgan fingerprint density at radius 1 is 1.38 bits per heavy atom. The smallest absolute Gasteiger partial charge is 0.223 e. The van der Waals surface area contributed by atoms with E-state index in [0.29, 0.717) is 36.2 Å². The van der Waals surface area contributed by atoms with Crippen molar-refractivity contribution in [3.63, 3.8) is 0 Å². The molecule has 0 amide bonds. The molecule has 0 saturated carbocycles. The normalized spacial score (nSPS) is 16.1. The molecule has 0 radical (unpaired) electrons. The average Bonchev–Trinajstić information content (AvgIpc) is 3.13. The quantitative estimate of drug-likeness (QED) is 0.834. The summed E-state index contributed by atoms with van der Waals surface area (Å²) in [5, 5.41) is 14.2. The van der Waals surface area contributed by atoms with E-state index in [4.69, 9.17) is 25.8 Å². The number of aliphatic hydroxyl groups is 1. The van der Waals surface area contributed by atoms with E-state index in [0.717, 1.165) is 11.3 Å². The van der Waals surface area contributed by atoms with Gasteiger partial charge in [0.15, 0.2) is 6.29 Å². The molecule has 0 aliphatic carbocycles. The predicted octanol–water partition coefficient (Wildman–Crippen LogP) is 2.93. The van der Waals surface area contributed by atoms with E-state index in [-0.39, 0.29) is 0 Å². The Hall–Kier alpha value is -1.86. The van der Waals surface area contributed by atoms with Gasteiger partial charge in [0.05, 0.1) is 32.0 Å². The lowest BCUT2D eigenvalue weighted by molar-refractivity contribution is -0.0453. The zero-order chi connectivity index (χ0) is 16.9. The van der Waals surface area contributed by atoms with Crippen molar-refractivity contribution in [1.29, 1.82) is 0 Å². The van der Waals surface area contributed by atoms with Gasteiger partial charge < -0.3 is 24.6 Å². The maximum atomic E-state index is 10.4. The van der Waals surface area contributed by atoms with Crippen LogP contribution in [0.15, 0.2) is 36.5 Å². The van der Waals surface area contributed by atoms with Crippen LogP contribution in [0.2, 0.25) is 5.02 Å². The van der Waals surface area contributed by atoms with Gasteiger partial charge in [0.1, 0.15) is 0 Å². The minimum absolute atomic E-state index is 0.299. The monoisotopic (exact) mass is 350 g/mol. The molecule has 2 aromatic rings. The van der Waals surface area contributed by atoms with Gasteiger partial charge in [-0.1, -0.05) is 23.7 Å². The van der Waals surface area contributed by atoms with Crippen molar-refractivity contribution in [2.24, 2.45) is 0 Å². The highest BCUT2D eigenvalue weighted by molar-refractivity contribution is 6.30. The van der Waals surface area contributed by atoms with Crippen LogP contribution in [0.3, 0.4) is 0 Å². The Morgan fingerprint density at radius 3 is 2.88 bits per heavy atom. The molecular formula is C17H19ClN2O4. The molecule has 1 aliphatic heterocycles. The molecule has 1 atom stereocenters. The first kappa shape index (κ1) is 17.0. The number of ether oxygens (including phenoxy) is 3. The standard InChI is InChI=1S/C17H19ClN2O4/c1-22-16-15(17-23-7-8-24-17)13(5-6-19-16)20-10-14(21)11-3-2-4-12(18)9-11/h2-6,9,14,17,21H,7-8,10H2,1H3,(H,19,20). The zero-order valence-electron chi connectivity index (χ0n) is 13.2. The van der Waals surface area contributed by atoms with E-state index in [2.05, 4.69) is 10.3 Å². The van der Waals surface area contributed by atoms with Gasteiger partial charge in [-0.25, -0.2) is 4.98 Å². The molecule has 128 valence electrons. The lowest BCUT2D eigenvalue weighted by Crippen LogP contribution is -2.15. The number of rotatable bonds is 6. The molecule has 1 aliphatic rings. The fourth-order valence-electron chi connectivity index (χ4n) is 2.56. The third-order valence-electron chi connectivity index (χ3n) is 3.72. The summed E-state index contributed by atoms with van der Waals surface area (Å²) in [7, 11) is 1.55. The number of aliphatic hydroxyl groups excluding tert-OH is 1. The molecule has 1 aromatic heterocycles. The fraction of sp³-hybridized carbons (Fsp3) is 0.353. The van der Waals surface area contributed by atoms with Crippen molar-refractivity contribution in [3.8, 4) is 5.88 Å². The molecule has 1 fully saturated rings. The summed E-state index contributed by atoms with van der Waals surface area (Å²) in [6.07, 6.45) is 0.395. The number of aromatic nitrogens is 1. The summed E-state index contributed by atoms with van der Waals surface area (Å²) < 4.78 is 16.4. The van der Waals surface area contributed by atoms with Crippen molar-refractivity contribution in [3.05, 3.63) is 52.7 Å². The minimum atomic E-state index is -0.707. The number of hydrogen-bond acceptors (Lipinski definition) is 6. The SMILES string of the molecule is COc1nccc(NCC(O)c2cccc(Cl)c2)c1C1OCCO1. The van der Waals surface area contributed by atoms with Gasteiger partial charge in [-0.15, -0.1) is 0 Å². The number of nitrogens with one attached hydrogen (secondary N) is 1.